The maximum absolute atomic E-state index is 10.5. The van der Waals surface area contributed by atoms with E-state index in [0.29, 0.717) is 29.0 Å². The van der Waals surface area contributed by atoms with Gasteiger partial charge in [-0.05, 0) is 92.6 Å². The fraction of sp³-hybridized carbons (Fsp3) is 0.371. The van der Waals surface area contributed by atoms with Crippen molar-refractivity contribution in [2.75, 3.05) is 0 Å². The normalized spacial score (nSPS) is 21.4. The highest BCUT2D eigenvalue weighted by atomic mass is 16.5. The van der Waals surface area contributed by atoms with E-state index in [1.807, 2.05) is 37.3 Å². The molecule has 0 saturated heterocycles. The molecular weight excluding hydrogens is 496 g/mol. The molecule has 3 aromatic carbocycles. The van der Waals surface area contributed by atoms with Crippen LogP contribution in [0.4, 0.5) is 0 Å². The molecule has 5 heteroatoms. The number of aryl methyl sites for hydroxylation is 1. The van der Waals surface area contributed by atoms with Gasteiger partial charge in [-0.3, -0.25) is 0 Å². The zero-order valence-electron chi connectivity index (χ0n) is 24.1. The summed E-state index contributed by atoms with van der Waals surface area (Å²) in [6, 6.07) is 24.3. The Balaban J connectivity index is 1.43. The number of nitrogens with zero attached hydrogens (tertiary/aromatic N) is 2. The van der Waals surface area contributed by atoms with Crippen LogP contribution in [-0.4, -0.2) is 27.6 Å². The maximum Gasteiger partial charge on any atom is 0.219 e. The SMILES string of the molecule is Cc1cc(O)c2nc(Oc3cc(C4=N[C@@](C)(C5CCCC5)[C@H](C)O4)cc(C(C)(C)c4ccccc4)c3)ccc2c1. The van der Waals surface area contributed by atoms with E-state index in [1.54, 1.807) is 6.07 Å². The smallest absolute Gasteiger partial charge is 0.219 e. The molecule has 1 N–H and O–H groups in total. The van der Waals surface area contributed by atoms with E-state index in [-0.39, 0.29) is 22.8 Å². The summed E-state index contributed by atoms with van der Waals surface area (Å²) in [5, 5.41) is 11.4. The molecule has 1 fully saturated rings. The lowest BCUT2D eigenvalue weighted by Crippen LogP contribution is -2.39. The van der Waals surface area contributed by atoms with Crippen molar-refractivity contribution in [2.24, 2.45) is 10.9 Å². The Hall–Kier alpha value is -3.86. The number of fused-ring (bicyclic) bond motifs is 1. The molecule has 0 amide bonds. The molecule has 2 aliphatic rings. The summed E-state index contributed by atoms with van der Waals surface area (Å²) in [5.41, 5.74) is 4.20. The van der Waals surface area contributed by atoms with Crippen molar-refractivity contribution >= 4 is 16.8 Å². The highest BCUT2D eigenvalue weighted by Crippen LogP contribution is 2.44. The molecule has 6 rings (SSSR count). The van der Waals surface area contributed by atoms with Crippen LogP contribution in [0.2, 0.25) is 0 Å². The molecule has 1 aliphatic carbocycles. The lowest BCUT2D eigenvalue weighted by atomic mass is 9.77. The zero-order valence-corrected chi connectivity index (χ0v) is 24.1. The van der Waals surface area contributed by atoms with Gasteiger partial charge in [-0.1, -0.05) is 57.0 Å². The molecule has 0 radical (unpaired) electrons. The topological polar surface area (TPSA) is 63.9 Å². The molecule has 5 nitrogen and oxygen atoms in total. The average Bonchev–Trinajstić information content (AvgIpc) is 3.59. The van der Waals surface area contributed by atoms with Crippen LogP contribution in [0.1, 0.15) is 75.6 Å². The fourth-order valence-corrected chi connectivity index (χ4v) is 6.37. The van der Waals surface area contributed by atoms with Crippen molar-refractivity contribution in [2.45, 2.75) is 77.4 Å². The highest BCUT2D eigenvalue weighted by molar-refractivity contribution is 5.96. The Morgan fingerprint density at radius 2 is 1.70 bits per heavy atom. The lowest BCUT2D eigenvalue weighted by molar-refractivity contribution is 0.122. The minimum Gasteiger partial charge on any atom is -0.506 e. The van der Waals surface area contributed by atoms with Crippen LogP contribution >= 0.6 is 0 Å². The van der Waals surface area contributed by atoms with Gasteiger partial charge >= 0.3 is 0 Å². The third-order valence-electron chi connectivity index (χ3n) is 9.12. The lowest BCUT2D eigenvalue weighted by Gasteiger charge is -2.30. The van der Waals surface area contributed by atoms with Gasteiger partial charge in [0.15, 0.2) is 0 Å². The number of pyridine rings is 1. The van der Waals surface area contributed by atoms with E-state index >= 15 is 0 Å². The van der Waals surface area contributed by atoms with Gasteiger partial charge < -0.3 is 14.6 Å². The average molecular weight is 535 g/mol. The van der Waals surface area contributed by atoms with Crippen LogP contribution in [0.5, 0.6) is 17.4 Å². The third-order valence-corrected chi connectivity index (χ3v) is 9.12. The second-order valence-corrected chi connectivity index (χ2v) is 12.2. The van der Waals surface area contributed by atoms with Gasteiger partial charge in [0.05, 0.1) is 0 Å². The van der Waals surface area contributed by atoms with E-state index in [2.05, 4.69) is 69.1 Å². The zero-order chi connectivity index (χ0) is 28.1. The van der Waals surface area contributed by atoms with Crippen LogP contribution in [0.15, 0.2) is 77.8 Å². The summed E-state index contributed by atoms with van der Waals surface area (Å²) in [6.45, 7) is 10.8. The van der Waals surface area contributed by atoms with Gasteiger partial charge in [0.1, 0.15) is 28.7 Å². The number of hydrogen-bond donors (Lipinski definition) is 1. The van der Waals surface area contributed by atoms with Gasteiger partial charge in [0, 0.05) is 22.4 Å². The quantitative estimate of drug-likeness (QED) is 0.269. The van der Waals surface area contributed by atoms with E-state index in [4.69, 9.17) is 14.5 Å². The van der Waals surface area contributed by atoms with Crippen LogP contribution in [0.3, 0.4) is 0 Å². The first-order valence-corrected chi connectivity index (χ1v) is 14.4. The van der Waals surface area contributed by atoms with E-state index in [9.17, 15) is 5.11 Å². The minimum atomic E-state index is -0.290. The van der Waals surface area contributed by atoms with Gasteiger partial charge in [0.2, 0.25) is 11.8 Å². The minimum absolute atomic E-state index is 0.00865. The first kappa shape index (κ1) is 26.4. The number of benzene rings is 3. The summed E-state index contributed by atoms with van der Waals surface area (Å²) in [7, 11) is 0. The molecule has 1 aromatic heterocycles. The molecule has 1 aliphatic heterocycles. The van der Waals surface area contributed by atoms with Crippen molar-refractivity contribution in [3.05, 3.63) is 95.1 Å². The molecule has 40 heavy (non-hydrogen) atoms. The Morgan fingerprint density at radius 1 is 0.950 bits per heavy atom. The summed E-state index contributed by atoms with van der Waals surface area (Å²) in [6.07, 6.45) is 4.95. The number of ether oxygens (including phenoxy) is 2. The molecule has 4 aromatic rings. The van der Waals surface area contributed by atoms with Crippen molar-refractivity contribution in [3.8, 4) is 17.4 Å². The summed E-state index contributed by atoms with van der Waals surface area (Å²) in [5.74, 6) is 2.44. The Bertz CT molecular complexity index is 1590. The summed E-state index contributed by atoms with van der Waals surface area (Å²) in [4.78, 5) is 9.89. The number of rotatable bonds is 6. The molecule has 0 spiro atoms. The van der Waals surface area contributed by atoms with Crippen molar-refractivity contribution in [1.29, 1.82) is 0 Å². The van der Waals surface area contributed by atoms with E-state index in [1.165, 1.54) is 31.2 Å². The largest absolute Gasteiger partial charge is 0.506 e. The van der Waals surface area contributed by atoms with Crippen LogP contribution < -0.4 is 4.74 Å². The first-order valence-electron chi connectivity index (χ1n) is 14.4. The Labute approximate surface area is 236 Å². The predicted octanol–water partition coefficient (Wildman–Crippen LogP) is 8.48. The van der Waals surface area contributed by atoms with E-state index in [0.717, 1.165) is 22.1 Å². The Kier molecular flexibility index (Phi) is 6.56. The number of hydrogen-bond acceptors (Lipinski definition) is 5. The van der Waals surface area contributed by atoms with Crippen molar-refractivity contribution in [3.63, 3.8) is 0 Å². The molecule has 0 bridgehead atoms. The molecule has 206 valence electrons. The molecule has 2 heterocycles. The second kappa shape index (κ2) is 9.96. The summed E-state index contributed by atoms with van der Waals surface area (Å²) >= 11 is 0. The van der Waals surface area contributed by atoms with Gasteiger partial charge in [-0.25, -0.2) is 9.98 Å². The number of aromatic hydroxyl groups is 1. The Morgan fingerprint density at radius 3 is 2.45 bits per heavy atom. The van der Waals surface area contributed by atoms with Gasteiger partial charge in [-0.15, -0.1) is 0 Å². The van der Waals surface area contributed by atoms with Gasteiger partial charge in [-0.2, -0.15) is 0 Å². The predicted molar refractivity (Wildman–Crippen MR) is 161 cm³/mol. The second-order valence-electron chi connectivity index (χ2n) is 12.2. The molecule has 1 saturated carbocycles. The van der Waals surface area contributed by atoms with E-state index < -0.39 is 0 Å². The standard InChI is InChI=1S/C35H38N2O3/c1-22-17-24-15-16-31(36-32(24)30(38)18-22)40-29-20-25(19-28(21-29)34(3,4)26-11-7-6-8-12-26)33-37-35(5,23(2)39-33)27-13-9-10-14-27/h6-8,11-12,15-21,23,27,38H,9-10,13-14H2,1-5H3/t23-,35+/m0/s1. The fourth-order valence-electron chi connectivity index (χ4n) is 6.37. The first-order chi connectivity index (χ1) is 19.1. The monoisotopic (exact) mass is 534 g/mol. The molecular formula is C35H38N2O3. The number of phenolic OH excluding ortho intramolecular Hbond substituents is 1. The van der Waals surface area contributed by atoms with Crippen molar-refractivity contribution < 1.29 is 14.6 Å². The number of aromatic nitrogens is 1. The van der Waals surface area contributed by atoms with Crippen LogP contribution in [-0.2, 0) is 10.2 Å². The van der Waals surface area contributed by atoms with Crippen molar-refractivity contribution in [1.82, 2.24) is 4.98 Å². The molecule has 0 unspecified atom stereocenters. The summed E-state index contributed by atoms with van der Waals surface area (Å²) < 4.78 is 12.9. The maximum atomic E-state index is 10.5. The third kappa shape index (κ3) is 4.72. The highest BCUT2D eigenvalue weighted by Gasteiger charge is 2.46. The van der Waals surface area contributed by atoms with Crippen LogP contribution in [0, 0.1) is 12.8 Å². The number of aliphatic imine (C=N–C) groups is 1. The van der Waals surface area contributed by atoms with Crippen LogP contribution in [0.25, 0.3) is 10.9 Å². The number of phenols is 1. The van der Waals surface area contributed by atoms with Gasteiger partial charge in [0.25, 0.3) is 0 Å². The molecule has 2 atom stereocenters.